The van der Waals surface area contributed by atoms with Gasteiger partial charge in [0.05, 0.1) is 6.42 Å². The minimum absolute atomic E-state index is 0.0440. The molecule has 1 saturated heterocycles. The van der Waals surface area contributed by atoms with E-state index in [-0.39, 0.29) is 18.9 Å². The van der Waals surface area contributed by atoms with Crippen molar-refractivity contribution in [3.05, 3.63) is 29.3 Å². The number of nitrogens with one attached hydrogen (secondary N) is 2. The lowest BCUT2D eigenvalue weighted by atomic mass is 9.98. The molecule has 0 bridgehead atoms. The number of rotatable bonds is 6. The third-order valence-electron chi connectivity index (χ3n) is 5.99. The summed E-state index contributed by atoms with van der Waals surface area (Å²) in [6, 6.07) is 5.36. The highest BCUT2D eigenvalue weighted by atomic mass is 16.5. The Morgan fingerprint density at radius 2 is 1.86 bits per heavy atom. The second-order valence-electron chi connectivity index (χ2n) is 7.97. The lowest BCUT2D eigenvalue weighted by Gasteiger charge is -2.19. The molecule has 2 fully saturated rings. The molecule has 3 aliphatic rings. The third-order valence-corrected chi connectivity index (χ3v) is 5.99. The number of hydrogen-bond donors (Lipinski definition) is 2. The highest BCUT2D eigenvalue weighted by molar-refractivity contribution is 6.07. The molecule has 1 heterocycles. The number of ether oxygens (including phenoxy) is 1. The average molecular weight is 399 g/mol. The van der Waals surface area contributed by atoms with Gasteiger partial charge in [-0.2, -0.15) is 0 Å². The third kappa shape index (κ3) is 3.97. The predicted molar refractivity (Wildman–Crippen MR) is 104 cm³/mol. The van der Waals surface area contributed by atoms with Crippen molar-refractivity contribution in [2.75, 3.05) is 18.5 Å². The molecule has 2 N–H and O–H groups in total. The van der Waals surface area contributed by atoms with E-state index in [0.29, 0.717) is 18.5 Å². The quantitative estimate of drug-likeness (QED) is 0.562. The number of esters is 1. The lowest BCUT2D eigenvalue weighted by molar-refractivity contribution is -0.147. The Labute approximate surface area is 169 Å². The summed E-state index contributed by atoms with van der Waals surface area (Å²) < 4.78 is 5.00. The molecule has 154 valence electrons. The summed E-state index contributed by atoms with van der Waals surface area (Å²) in [6.45, 7) is -0.447. The van der Waals surface area contributed by atoms with E-state index < -0.39 is 30.1 Å². The molecule has 4 amide bonds. The smallest absolute Gasteiger partial charge is 0.325 e. The van der Waals surface area contributed by atoms with Gasteiger partial charge in [-0.15, -0.1) is 0 Å². The van der Waals surface area contributed by atoms with Crippen LogP contribution in [-0.4, -0.2) is 47.4 Å². The fraction of sp³-hybridized carbons (Fsp3) is 0.524. The number of urea groups is 1. The van der Waals surface area contributed by atoms with Crippen LogP contribution in [0.2, 0.25) is 0 Å². The van der Waals surface area contributed by atoms with Gasteiger partial charge in [0, 0.05) is 12.2 Å². The van der Waals surface area contributed by atoms with Crippen LogP contribution in [0, 0.1) is 0 Å². The zero-order valence-corrected chi connectivity index (χ0v) is 16.3. The normalized spacial score (nSPS) is 19.4. The number of fused-ring (bicyclic) bond motifs is 1. The summed E-state index contributed by atoms with van der Waals surface area (Å²) in [5.74, 6) is -1.31. The number of nitrogens with zero attached hydrogens (tertiary/aromatic N) is 1. The van der Waals surface area contributed by atoms with Gasteiger partial charge in [-0.05, 0) is 55.4 Å². The Kier molecular flexibility index (Phi) is 5.25. The van der Waals surface area contributed by atoms with Crippen LogP contribution in [0.15, 0.2) is 18.2 Å². The maximum Gasteiger partial charge on any atom is 0.325 e. The summed E-state index contributed by atoms with van der Waals surface area (Å²) in [5.41, 5.74) is 2.46. The summed E-state index contributed by atoms with van der Waals surface area (Å²) in [6.07, 6.45) is 6.16. The summed E-state index contributed by atoms with van der Waals surface area (Å²) in [4.78, 5) is 49.7. The van der Waals surface area contributed by atoms with E-state index in [1.807, 2.05) is 18.2 Å². The van der Waals surface area contributed by atoms with Gasteiger partial charge in [-0.1, -0.05) is 18.9 Å². The second kappa shape index (κ2) is 7.85. The van der Waals surface area contributed by atoms with Crippen molar-refractivity contribution in [2.45, 2.75) is 56.9 Å². The largest absolute Gasteiger partial charge is 0.456 e. The molecule has 1 saturated carbocycles. The van der Waals surface area contributed by atoms with Gasteiger partial charge >= 0.3 is 12.0 Å². The van der Waals surface area contributed by atoms with E-state index in [9.17, 15) is 19.2 Å². The average Bonchev–Trinajstić information content (AvgIpc) is 3.40. The number of benzene rings is 1. The zero-order valence-electron chi connectivity index (χ0n) is 16.3. The molecule has 1 aliphatic heterocycles. The Balaban J connectivity index is 1.21. The molecule has 8 nitrogen and oxygen atoms in total. The first-order valence-corrected chi connectivity index (χ1v) is 10.2. The highest BCUT2D eigenvalue weighted by Crippen LogP contribution is 2.35. The molecular weight excluding hydrogens is 374 g/mol. The van der Waals surface area contributed by atoms with Gasteiger partial charge < -0.3 is 15.4 Å². The van der Waals surface area contributed by atoms with E-state index in [1.54, 1.807) is 0 Å². The second-order valence-corrected chi connectivity index (χ2v) is 7.97. The molecule has 8 heteroatoms. The Morgan fingerprint density at radius 3 is 2.66 bits per heavy atom. The van der Waals surface area contributed by atoms with Crippen LogP contribution in [0.4, 0.5) is 10.5 Å². The van der Waals surface area contributed by atoms with Gasteiger partial charge in [-0.3, -0.25) is 19.3 Å². The number of hydrogen-bond acceptors (Lipinski definition) is 5. The van der Waals surface area contributed by atoms with Crippen LogP contribution in [0.1, 0.15) is 49.7 Å². The maximum atomic E-state index is 12.5. The van der Waals surface area contributed by atoms with Crippen LogP contribution in [-0.2, 0) is 32.0 Å². The molecule has 0 radical (unpaired) electrons. The van der Waals surface area contributed by atoms with Crippen molar-refractivity contribution in [3.8, 4) is 0 Å². The number of anilines is 1. The molecule has 4 rings (SSSR count). The molecule has 0 unspecified atom stereocenters. The molecule has 29 heavy (non-hydrogen) atoms. The highest BCUT2D eigenvalue weighted by Gasteiger charge is 2.52. The van der Waals surface area contributed by atoms with E-state index >= 15 is 0 Å². The lowest BCUT2D eigenvalue weighted by Crippen LogP contribution is -2.44. The fourth-order valence-electron chi connectivity index (χ4n) is 4.46. The molecule has 0 atom stereocenters. The molecule has 1 aromatic carbocycles. The van der Waals surface area contributed by atoms with Crippen molar-refractivity contribution < 1.29 is 23.9 Å². The molecule has 1 aromatic rings. The predicted octanol–water partition coefficient (Wildman–Crippen LogP) is 1.91. The Bertz CT molecular complexity index is 860. The number of carbonyl (C=O) groups excluding carboxylic acids is 4. The van der Waals surface area contributed by atoms with Crippen molar-refractivity contribution in [2.24, 2.45) is 0 Å². The molecule has 0 aromatic heterocycles. The van der Waals surface area contributed by atoms with Gasteiger partial charge in [0.25, 0.3) is 11.8 Å². The van der Waals surface area contributed by atoms with E-state index in [4.69, 9.17) is 4.74 Å². The first-order valence-electron chi connectivity index (χ1n) is 10.2. The van der Waals surface area contributed by atoms with E-state index in [2.05, 4.69) is 10.6 Å². The summed E-state index contributed by atoms with van der Waals surface area (Å²) in [7, 11) is 0. The standard InChI is InChI=1S/C21H25N3O5/c25-17(22-16-7-6-14-4-3-5-15(14)12-16)13-29-18(26)8-11-24-19(27)21(23-20(24)28)9-1-2-10-21/h6-7,12H,1-5,8-11,13H2,(H,22,25)(H,23,28). The maximum absolute atomic E-state index is 12.5. The SMILES string of the molecule is O=C(COC(=O)CCN1C(=O)NC2(CCCC2)C1=O)Nc1ccc2c(c1)CCC2. The van der Waals surface area contributed by atoms with E-state index in [0.717, 1.165) is 37.0 Å². The van der Waals surface area contributed by atoms with Gasteiger partial charge in [-0.25, -0.2) is 4.79 Å². The fourth-order valence-corrected chi connectivity index (χ4v) is 4.46. The summed E-state index contributed by atoms with van der Waals surface area (Å²) in [5, 5.41) is 5.50. The van der Waals surface area contributed by atoms with Crippen LogP contribution in [0.3, 0.4) is 0 Å². The van der Waals surface area contributed by atoms with Crippen molar-refractivity contribution in [3.63, 3.8) is 0 Å². The van der Waals surface area contributed by atoms with Gasteiger partial charge in [0.1, 0.15) is 5.54 Å². The van der Waals surface area contributed by atoms with Crippen LogP contribution < -0.4 is 10.6 Å². The number of aryl methyl sites for hydroxylation is 2. The van der Waals surface area contributed by atoms with Crippen molar-refractivity contribution >= 4 is 29.5 Å². The first kappa shape index (κ1) is 19.4. The molecule has 2 aliphatic carbocycles. The molecular formula is C21H25N3O5. The van der Waals surface area contributed by atoms with Crippen LogP contribution in [0.25, 0.3) is 0 Å². The zero-order chi connectivity index (χ0) is 20.4. The van der Waals surface area contributed by atoms with E-state index in [1.165, 1.54) is 11.1 Å². The number of imide groups is 1. The first-order chi connectivity index (χ1) is 14.0. The summed E-state index contributed by atoms with van der Waals surface area (Å²) >= 11 is 0. The number of amides is 4. The minimum Gasteiger partial charge on any atom is -0.456 e. The minimum atomic E-state index is -0.781. The number of carbonyl (C=O) groups is 4. The topological polar surface area (TPSA) is 105 Å². The monoisotopic (exact) mass is 399 g/mol. The Hall–Kier alpha value is -2.90. The van der Waals surface area contributed by atoms with Gasteiger partial charge in [0.15, 0.2) is 6.61 Å². The van der Waals surface area contributed by atoms with Gasteiger partial charge in [0.2, 0.25) is 0 Å². The van der Waals surface area contributed by atoms with Crippen molar-refractivity contribution in [1.29, 1.82) is 0 Å². The van der Waals surface area contributed by atoms with Crippen LogP contribution in [0.5, 0.6) is 0 Å². The van der Waals surface area contributed by atoms with Crippen LogP contribution >= 0.6 is 0 Å². The molecule has 1 spiro atoms. The Morgan fingerprint density at radius 1 is 1.10 bits per heavy atom. The van der Waals surface area contributed by atoms with Crippen molar-refractivity contribution in [1.82, 2.24) is 10.2 Å².